The van der Waals surface area contributed by atoms with Gasteiger partial charge in [-0.15, -0.1) is 0 Å². The largest absolute Gasteiger partial charge is 0.379 e. The third kappa shape index (κ3) is 6.71. The molecule has 33 heavy (non-hydrogen) atoms. The SMILES string of the molecule is CC(C)OCCCNC(=O)C(=O)Nn1c(C(=O)Nc2ccc(Cl)cc2)cc2cc(Cl)ccc21. The van der Waals surface area contributed by atoms with Crippen molar-refractivity contribution >= 4 is 57.5 Å². The lowest BCUT2D eigenvalue weighted by Gasteiger charge is -2.13. The van der Waals surface area contributed by atoms with Gasteiger partial charge >= 0.3 is 11.8 Å². The molecule has 0 saturated heterocycles. The molecule has 0 spiro atoms. The molecule has 3 N–H and O–H groups in total. The maximum atomic E-state index is 13.0. The van der Waals surface area contributed by atoms with Crippen LogP contribution in [0.4, 0.5) is 5.69 Å². The molecule has 2 aromatic carbocycles. The maximum Gasteiger partial charge on any atom is 0.328 e. The van der Waals surface area contributed by atoms with Crippen LogP contribution in [0.2, 0.25) is 10.0 Å². The zero-order valence-corrected chi connectivity index (χ0v) is 19.7. The Bertz CT molecular complexity index is 1160. The van der Waals surface area contributed by atoms with Crippen molar-refractivity contribution in [1.29, 1.82) is 0 Å². The van der Waals surface area contributed by atoms with Gasteiger partial charge < -0.3 is 15.4 Å². The van der Waals surface area contributed by atoms with Gasteiger partial charge in [-0.2, -0.15) is 0 Å². The third-order valence-electron chi connectivity index (χ3n) is 4.58. The van der Waals surface area contributed by atoms with E-state index >= 15 is 0 Å². The first-order valence-corrected chi connectivity index (χ1v) is 11.1. The lowest BCUT2D eigenvalue weighted by atomic mass is 10.2. The first kappa shape index (κ1) is 24.6. The summed E-state index contributed by atoms with van der Waals surface area (Å²) in [6.45, 7) is 4.59. The van der Waals surface area contributed by atoms with E-state index in [1.54, 1.807) is 48.5 Å². The number of fused-ring (bicyclic) bond motifs is 1. The fourth-order valence-electron chi connectivity index (χ4n) is 3.03. The van der Waals surface area contributed by atoms with E-state index in [4.69, 9.17) is 27.9 Å². The van der Waals surface area contributed by atoms with Gasteiger partial charge in [0.1, 0.15) is 5.69 Å². The number of carbonyl (C=O) groups excluding carboxylic acids is 3. The third-order valence-corrected chi connectivity index (χ3v) is 5.06. The molecule has 0 aliphatic carbocycles. The summed E-state index contributed by atoms with van der Waals surface area (Å²) in [4.78, 5) is 37.7. The predicted octanol–water partition coefficient (Wildman–Crippen LogP) is 4.20. The lowest BCUT2D eigenvalue weighted by Crippen LogP contribution is -2.40. The van der Waals surface area contributed by atoms with Gasteiger partial charge in [0.25, 0.3) is 5.91 Å². The second kappa shape index (κ2) is 11.2. The second-order valence-electron chi connectivity index (χ2n) is 7.50. The molecule has 0 bridgehead atoms. The van der Waals surface area contributed by atoms with Crippen LogP contribution in [0.25, 0.3) is 10.9 Å². The van der Waals surface area contributed by atoms with Crippen LogP contribution >= 0.6 is 23.2 Å². The van der Waals surface area contributed by atoms with Crippen LogP contribution in [0, 0.1) is 0 Å². The Labute approximate surface area is 201 Å². The number of benzene rings is 2. The average molecular weight is 491 g/mol. The maximum absolute atomic E-state index is 13.0. The molecule has 0 aliphatic heterocycles. The molecule has 3 aromatic rings. The highest BCUT2D eigenvalue weighted by atomic mass is 35.5. The average Bonchev–Trinajstić information content (AvgIpc) is 3.12. The van der Waals surface area contributed by atoms with E-state index in [1.165, 1.54) is 4.68 Å². The quantitative estimate of drug-likeness (QED) is 0.325. The highest BCUT2D eigenvalue weighted by Gasteiger charge is 2.21. The van der Waals surface area contributed by atoms with Crippen molar-refractivity contribution in [3.63, 3.8) is 0 Å². The van der Waals surface area contributed by atoms with Crippen molar-refractivity contribution in [2.24, 2.45) is 0 Å². The first-order valence-electron chi connectivity index (χ1n) is 10.3. The fraction of sp³-hybridized carbons (Fsp3) is 0.261. The highest BCUT2D eigenvalue weighted by Crippen LogP contribution is 2.24. The Balaban J connectivity index is 1.76. The van der Waals surface area contributed by atoms with Gasteiger partial charge in [0.2, 0.25) is 0 Å². The summed E-state index contributed by atoms with van der Waals surface area (Å²) in [5.74, 6) is -2.22. The number of halogens is 2. The number of carbonyl (C=O) groups is 3. The van der Waals surface area contributed by atoms with Gasteiger partial charge in [-0.1, -0.05) is 23.2 Å². The molecule has 0 unspecified atom stereocenters. The molecule has 1 aromatic heterocycles. The zero-order valence-electron chi connectivity index (χ0n) is 18.2. The molecule has 0 fully saturated rings. The molecule has 10 heteroatoms. The van der Waals surface area contributed by atoms with Gasteiger partial charge in [-0.25, -0.2) is 4.68 Å². The Kier molecular flexibility index (Phi) is 8.32. The van der Waals surface area contributed by atoms with E-state index < -0.39 is 17.7 Å². The van der Waals surface area contributed by atoms with E-state index in [1.807, 2.05) is 13.8 Å². The van der Waals surface area contributed by atoms with Crippen molar-refractivity contribution in [3.05, 3.63) is 64.3 Å². The van der Waals surface area contributed by atoms with Gasteiger partial charge in [0.15, 0.2) is 0 Å². The van der Waals surface area contributed by atoms with Crippen LogP contribution in [0.5, 0.6) is 0 Å². The first-order chi connectivity index (χ1) is 15.7. The van der Waals surface area contributed by atoms with Crippen LogP contribution in [0.1, 0.15) is 30.8 Å². The minimum atomic E-state index is -0.909. The molecule has 1 heterocycles. The number of nitrogens with zero attached hydrogens (tertiary/aromatic N) is 1. The summed E-state index contributed by atoms with van der Waals surface area (Å²) in [7, 11) is 0. The summed E-state index contributed by atoms with van der Waals surface area (Å²) in [5.41, 5.74) is 3.64. The normalized spacial score (nSPS) is 10.9. The number of nitrogens with one attached hydrogen (secondary N) is 3. The Morgan fingerprint density at radius 2 is 1.67 bits per heavy atom. The number of hydrogen-bond donors (Lipinski definition) is 3. The predicted molar refractivity (Wildman–Crippen MR) is 129 cm³/mol. The van der Waals surface area contributed by atoms with Gasteiger partial charge in [0, 0.05) is 34.3 Å². The smallest absolute Gasteiger partial charge is 0.328 e. The molecular formula is C23H24Cl2N4O4. The minimum absolute atomic E-state index is 0.0944. The summed E-state index contributed by atoms with van der Waals surface area (Å²) in [6.07, 6.45) is 0.661. The van der Waals surface area contributed by atoms with E-state index in [0.717, 1.165) is 0 Å². The summed E-state index contributed by atoms with van der Waals surface area (Å²) >= 11 is 12.0. The number of hydrogen-bond acceptors (Lipinski definition) is 4. The molecule has 8 nitrogen and oxygen atoms in total. The van der Waals surface area contributed by atoms with Gasteiger partial charge in [-0.05, 0) is 68.8 Å². The molecular weight excluding hydrogens is 467 g/mol. The summed E-state index contributed by atoms with van der Waals surface area (Å²) in [5, 5.41) is 6.91. The van der Waals surface area contributed by atoms with E-state index in [9.17, 15) is 14.4 Å². The highest BCUT2D eigenvalue weighted by molar-refractivity contribution is 6.38. The van der Waals surface area contributed by atoms with Crippen molar-refractivity contribution in [2.45, 2.75) is 26.4 Å². The molecule has 0 aliphatic rings. The minimum Gasteiger partial charge on any atom is -0.379 e. The number of amides is 3. The topological polar surface area (TPSA) is 101 Å². The van der Waals surface area contributed by atoms with Crippen molar-refractivity contribution in [1.82, 2.24) is 9.99 Å². The number of ether oxygens (including phenoxy) is 1. The van der Waals surface area contributed by atoms with E-state index in [-0.39, 0.29) is 18.3 Å². The van der Waals surface area contributed by atoms with E-state index in [0.29, 0.717) is 39.7 Å². The van der Waals surface area contributed by atoms with Gasteiger partial charge in [0.05, 0.1) is 11.6 Å². The molecule has 0 radical (unpaired) electrons. The lowest BCUT2D eigenvalue weighted by molar-refractivity contribution is -0.136. The molecule has 3 rings (SSSR count). The number of rotatable bonds is 8. The second-order valence-corrected chi connectivity index (χ2v) is 8.37. The van der Waals surface area contributed by atoms with Crippen LogP contribution in [0.15, 0.2) is 48.5 Å². The van der Waals surface area contributed by atoms with Gasteiger partial charge in [-0.3, -0.25) is 19.8 Å². The van der Waals surface area contributed by atoms with E-state index in [2.05, 4.69) is 16.1 Å². The molecule has 0 saturated carbocycles. The van der Waals surface area contributed by atoms with Crippen molar-refractivity contribution in [2.75, 3.05) is 23.9 Å². The Morgan fingerprint density at radius 1 is 0.970 bits per heavy atom. The van der Waals surface area contributed by atoms with Crippen LogP contribution in [-0.4, -0.2) is 41.7 Å². The Morgan fingerprint density at radius 3 is 2.36 bits per heavy atom. The number of anilines is 1. The summed E-state index contributed by atoms with van der Waals surface area (Å²) < 4.78 is 6.67. The molecule has 3 amide bonds. The van der Waals surface area contributed by atoms with Crippen molar-refractivity contribution in [3.8, 4) is 0 Å². The summed E-state index contributed by atoms with van der Waals surface area (Å²) in [6, 6.07) is 13.1. The molecule has 174 valence electrons. The van der Waals surface area contributed by atoms with Crippen LogP contribution < -0.4 is 16.1 Å². The van der Waals surface area contributed by atoms with Crippen molar-refractivity contribution < 1.29 is 19.1 Å². The standard InChI is InChI=1S/C23H24Cl2N4O4/c1-14(2)33-11-3-10-26-22(31)23(32)28-29-19-9-6-17(25)12-15(19)13-20(29)21(30)27-18-7-4-16(24)5-8-18/h4-9,12-14H,3,10-11H2,1-2H3,(H,26,31)(H,27,30)(H,28,32). The Hall–Kier alpha value is -3.07. The number of aromatic nitrogens is 1. The monoisotopic (exact) mass is 490 g/mol. The van der Waals surface area contributed by atoms with Crippen LogP contribution in [0.3, 0.4) is 0 Å². The molecule has 0 atom stereocenters. The fourth-order valence-corrected chi connectivity index (χ4v) is 3.33. The zero-order chi connectivity index (χ0) is 24.0. The van der Waals surface area contributed by atoms with Crippen LogP contribution in [-0.2, 0) is 14.3 Å².